The van der Waals surface area contributed by atoms with E-state index in [0.717, 1.165) is 5.56 Å². The van der Waals surface area contributed by atoms with Gasteiger partial charge in [0.25, 0.3) is 5.91 Å². The standard InChI is InChI=1S/C19H20F3NO5/c1-25-15-10-13(11-16(26-2)17(15)27-3)18(24)23-9-8-12-4-6-14(7-5-12)28-19(20,21)22/h4-7,10-11H,8-9H2,1-3H3,(H,23,24). The molecule has 0 unspecified atom stereocenters. The van der Waals surface area contributed by atoms with E-state index in [9.17, 15) is 18.0 Å². The average molecular weight is 399 g/mol. The Kier molecular flexibility index (Phi) is 6.97. The molecule has 0 aromatic heterocycles. The number of carbonyl (C=O) groups excluding carboxylic acids is 1. The van der Waals surface area contributed by atoms with Gasteiger partial charge in [0.2, 0.25) is 5.75 Å². The minimum Gasteiger partial charge on any atom is -0.493 e. The number of carbonyl (C=O) groups is 1. The summed E-state index contributed by atoms with van der Waals surface area (Å²) in [4.78, 5) is 12.4. The van der Waals surface area contributed by atoms with Gasteiger partial charge in [-0.15, -0.1) is 13.2 Å². The molecule has 152 valence electrons. The first-order valence-electron chi connectivity index (χ1n) is 8.20. The van der Waals surface area contributed by atoms with Crippen LogP contribution < -0.4 is 24.3 Å². The number of hydrogen-bond acceptors (Lipinski definition) is 5. The summed E-state index contributed by atoms with van der Waals surface area (Å²) in [6.45, 7) is 0.287. The Morgan fingerprint density at radius 3 is 2.00 bits per heavy atom. The van der Waals surface area contributed by atoms with Crippen molar-refractivity contribution < 1.29 is 36.9 Å². The number of ether oxygens (including phenoxy) is 4. The van der Waals surface area contributed by atoms with Crippen molar-refractivity contribution in [1.29, 1.82) is 0 Å². The molecule has 2 aromatic carbocycles. The summed E-state index contributed by atoms with van der Waals surface area (Å²) in [6, 6.07) is 8.52. The van der Waals surface area contributed by atoms with Gasteiger partial charge in [-0.05, 0) is 36.2 Å². The van der Waals surface area contributed by atoms with Gasteiger partial charge < -0.3 is 24.3 Å². The lowest BCUT2D eigenvalue weighted by Crippen LogP contribution is -2.25. The first-order chi connectivity index (χ1) is 13.3. The number of benzene rings is 2. The molecule has 2 rings (SSSR count). The molecule has 6 nitrogen and oxygen atoms in total. The summed E-state index contributed by atoms with van der Waals surface area (Å²) < 4.78 is 55.9. The van der Waals surface area contributed by atoms with Crippen LogP contribution in [0.15, 0.2) is 36.4 Å². The molecule has 28 heavy (non-hydrogen) atoms. The van der Waals surface area contributed by atoms with E-state index < -0.39 is 6.36 Å². The zero-order valence-corrected chi connectivity index (χ0v) is 15.6. The highest BCUT2D eigenvalue weighted by Gasteiger charge is 2.30. The highest BCUT2D eigenvalue weighted by molar-refractivity contribution is 5.95. The van der Waals surface area contributed by atoms with Crippen molar-refractivity contribution in [3.63, 3.8) is 0 Å². The second-order valence-electron chi connectivity index (χ2n) is 5.61. The molecular weight excluding hydrogens is 379 g/mol. The van der Waals surface area contributed by atoms with E-state index in [2.05, 4.69) is 10.1 Å². The zero-order valence-electron chi connectivity index (χ0n) is 15.6. The summed E-state index contributed by atoms with van der Waals surface area (Å²) in [5.41, 5.74) is 1.07. The highest BCUT2D eigenvalue weighted by atomic mass is 19.4. The second-order valence-corrected chi connectivity index (χ2v) is 5.61. The molecule has 1 N–H and O–H groups in total. The fraction of sp³-hybridized carbons (Fsp3) is 0.316. The lowest BCUT2D eigenvalue weighted by atomic mass is 10.1. The van der Waals surface area contributed by atoms with E-state index in [-0.39, 0.29) is 18.2 Å². The lowest BCUT2D eigenvalue weighted by molar-refractivity contribution is -0.274. The van der Waals surface area contributed by atoms with Crippen molar-refractivity contribution in [2.45, 2.75) is 12.8 Å². The molecule has 0 spiro atoms. The quantitative estimate of drug-likeness (QED) is 0.735. The van der Waals surface area contributed by atoms with Crippen LogP contribution in [0.5, 0.6) is 23.0 Å². The van der Waals surface area contributed by atoms with Crippen molar-refractivity contribution in [2.24, 2.45) is 0 Å². The van der Waals surface area contributed by atoms with E-state index in [1.54, 1.807) is 0 Å². The van der Waals surface area contributed by atoms with Gasteiger partial charge in [0.15, 0.2) is 11.5 Å². The molecule has 0 saturated heterocycles. The predicted molar refractivity (Wildman–Crippen MR) is 95.3 cm³/mol. The summed E-state index contributed by atoms with van der Waals surface area (Å²) >= 11 is 0. The molecule has 0 aliphatic carbocycles. The van der Waals surface area contributed by atoms with Crippen molar-refractivity contribution in [3.05, 3.63) is 47.5 Å². The predicted octanol–water partition coefficient (Wildman–Crippen LogP) is 3.58. The van der Waals surface area contributed by atoms with Crippen LogP contribution in [0.25, 0.3) is 0 Å². The average Bonchev–Trinajstić information content (AvgIpc) is 2.66. The maximum atomic E-state index is 12.4. The van der Waals surface area contributed by atoms with Crippen LogP contribution in [-0.2, 0) is 6.42 Å². The number of nitrogens with one attached hydrogen (secondary N) is 1. The zero-order chi connectivity index (χ0) is 20.7. The van der Waals surface area contributed by atoms with Gasteiger partial charge in [-0.2, -0.15) is 0 Å². The van der Waals surface area contributed by atoms with Crippen molar-refractivity contribution in [3.8, 4) is 23.0 Å². The van der Waals surface area contributed by atoms with Crippen LogP contribution in [0.4, 0.5) is 13.2 Å². The molecule has 0 aliphatic heterocycles. The summed E-state index contributed by atoms with van der Waals surface area (Å²) in [6.07, 6.45) is -4.29. The number of alkyl halides is 3. The van der Waals surface area contributed by atoms with Gasteiger partial charge in [0, 0.05) is 12.1 Å². The van der Waals surface area contributed by atoms with E-state index >= 15 is 0 Å². The molecular formula is C19H20F3NO5. The SMILES string of the molecule is COc1cc(C(=O)NCCc2ccc(OC(F)(F)F)cc2)cc(OC)c1OC. The number of hydrogen-bond donors (Lipinski definition) is 1. The first kappa shape index (κ1) is 21.2. The van der Waals surface area contributed by atoms with E-state index in [1.807, 2.05) is 0 Å². The lowest BCUT2D eigenvalue weighted by Gasteiger charge is -2.14. The molecule has 0 atom stereocenters. The maximum Gasteiger partial charge on any atom is 0.573 e. The van der Waals surface area contributed by atoms with Crippen LogP contribution in [-0.4, -0.2) is 40.1 Å². The van der Waals surface area contributed by atoms with Crippen molar-refractivity contribution in [1.82, 2.24) is 5.32 Å². The maximum absolute atomic E-state index is 12.4. The van der Waals surface area contributed by atoms with Crippen molar-refractivity contribution in [2.75, 3.05) is 27.9 Å². The van der Waals surface area contributed by atoms with Gasteiger partial charge in [0.05, 0.1) is 21.3 Å². The Morgan fingerprint density at radius 2 is 1.54 bits per heavy atom. The molecule has 0 fully saturated rings. The minimum absolute atomic E-state index is 0.287. The Labute approximate surface area is 160 Å². The Balaban J connectivity index is 1.97. The normalized spacial score (nSPS) is 10.9. The first-order valence-corrected chi connectivity index (χ1v) is 8.20. The minimum atomic E-state index is -4.73. The summed E-state index contributed by atoms with van der Waals surface area (Å²) in [5.74, 6) is 0.441. The van der Waals surface area contributed by atoms with Crippen molar-refractivity contribution >= 4 is 5.91 Å². The van der Waals surface area contributed by atoms with E-state index in [4.69, 9.17) is 14.2 Å². The third kappa shape index (κ3) is 5.70. The van der Waals surface area contributed by atoms with Crippen LogP contribution in [0.1, 0.15) is 15.9 Å². The van der Waals surface area contributed by atoms with E-state index in [1.165, 1.54) is 57.7 Å². The van der Waals surface area contributed by atoms with Crippen LogP contribution in [0, 0.1) is 0 Å². The van der Waals surface area contributed by atoms with Gasteiger partial charge in [-0.1, -0.05) is 12.1 Å². The Morgan fingerprint density at radius 1 is 0.964 bits per heavy atom. The molecule has 0 aliphatic rings. The Hall–Kier alpha value is -3.10. The molecule has 0 saturated carbocycles. The number of rotatable bonds is 8. The molecule has 2 aromatic rings. The number of methoxy groups -OCH3 is 3. The summed E-state index contributed by atoms with van der Waals surface area (Å²) in [5, 5.41) is 2.74. The van der Waals surface area contributed by atoms with Gasteiger partial charge in [-0.3, -0.25) is 4.79 Å². The Bertz CT molecular complexity index is 781. The number of amides is 1. The van der Waals surface area contributed by atoms with Crippen LogP contribution >= 0.6 is 0 Å². The fourth-order valence-corrected chi connectivity index (χ4v) is 2.49. The van der Waals surface area contributed by atoms with Gasteiger partial charge in [0.1, 0.15) is 5.75 Å². The topological polar surface area (TPSA) is 66.0 Å². The number of halogens is 3. The third-order valence-electron chi connectivity index (χ3n) is 3.78. The van der Waals surface area contributed by atoms with E-state index in [0.29, 0.717) is 29.2 Å². The molecule has 0 radical (unpaired) electrons. The molecule has 0 heterocycles. The van der Waals surface area contributed by atoms with Crippen LogP contribution in [0.2, 0.25) is 0 Å². The molecule has 1 amide bonds. The smallest absolute Gasteiger partial charge is 0.493 e. The monoisotopic (exact) mass is 399 g/mol. The highest BCUT2D eigenvalue weighted by Crippen LogP contribution is 2.38. The fourth-order valence-electron chi connectivity index (χ4n) is 2.49. The summed E-state index contributed by atoms with van der Waals surface area (Å²) in [7, 11) is 4.36. The van der Waals surface area contributed by atoms with Gasteiger partial charge in [-0.25, -0.2) is 0 Å². The largest absolute Gasteiger partial charge is 0.573 e. The molecule has 0 bridgehead atoms. The third-order valence-corrected chi connectivity index (χ3v) is 3.78. The molecule has 9 heteroatoms. The van der Waals surface area contributed by atoms with Gasteiger partial charge >= 0.3 is 6.36 Å². The van der Waals surface area contributed by atoms with Crippen LogP contribution in [0.3, 0.4) is 0 Å². The second kappa shape index (κ2) is 9.20.